The molecule has 2 nitrogen and oxygen atoms in total. The first kappa shape index (κ1) is 11.1. The fourth-order valence-electron chi connectivity index (χ4n) is 3.15. The molecule has 1 aliphatic rings. The molecule has 1 aromatic rings. The van der Waals surface area contributed by atoms with Crippen molar-refractivity contribution in [2.75, 3.05) is 0 Å². The molecule has 0 saturated heterocycles. The quantitative estimate of drug-likeness (QED) is 0.839. The van der Waals surface area contributed by atoms with Crippen molar-refractivity contribution in [3.63, 3.8) is 0 Å². The van der Waals surface area contributed by atoms with Crippen LogP contribution in [0.4, 0.5) is 0 Å². The maximum Gasteiger partial charge on any atom is 0.0794 e. The van der Waals surface area contributed by atoms with Crippen LogP contribution < -0.4 is 5.73 Å². The maximum atomic E-state index is 6.51. The van der Waals surface area contributed by atoms with E-state index in [2.05, 4.69) is 18.8 Å². The van der Waals surface area contributed by atoms with Crippen LogP contribution in [0.5, 0.6) is 0 Å². The lowest BCUT2D eigenvalue weighted by Crippen LogP contribution is -2.47. The van der Waals surface area contributed by atoms with Gasteiger partial charge in [0.2, 0.25) is 0 Å². The summed E-state index contributed by atoms with van der Waals surface area (Å²) in [4.78, 5) is 5.45. The molecule has 0 spiro atoms. The minimum Gasteiger partial charge on any atom is -0.325 e. The van der Waals surface area contributed by atoms with Crippen molar-refractivity contribution >= 4 is 11.3 Å². The molecule has 0 radical (unpaired) electrons. The molecule has 1 aromatic heterocycles. The van der Waals surface area contributed by atoms with Crippen molar-refractivity contribution in [3.05, 3.63) is 16.6 Å². The molecule has 2 unspecified atom stereocenters. The highest BCUT2D eigenvalue weighted by molar-refractivity contribution is 7.09. The third-order valence-electron chi connectivity index (χ3n) is 3.32. The largest absolute Gasteiger partial charge is 0.325 e. The van der Waals surface area contributed by atoms with E-state index in [0.29, 0.717) is 0 Å². The Morgan fingerprint density at radius 3 is 2.67 bits per heavy atom. The van der Waals surface area contributed by atoms with Crippen LogP contribution in [-0.4, -0.2) is 10.5 Å². The first-order chi connectivity index (χ1) is 7.07. The first-order valence-electron chi connectivity index (χ1n) is 5.74. The number of thiazole rings is 1. The third-order valence-corrected chi connectivity index (χ3v) is 4.10. The molecular formula is C12H20N2S. The molecule has 0 aromatic carbocycles. The lowest BCUT2D eigenvalue weighted by atomic mass is 9.70. The molecule has 0 amide bonds. The molecule has 2 rings (SSSR count). The normalized spacial score (nSPS) is 36.7. The molecule has 3 heteroatoms. The number of rotatable bonds is 2. The van der Waals surface area contributed by atoms with Gasteiger partial charge >= 0.3 is 0 Å². The van der Waals surface area contributed by atoms with Gasteiger partial charge < -0.3 is 5.73 Å². The van der Waals surface area contributed by atoms with Crippen LogP contribution in [0.15, 0.2) is 11.7 Å². The van der Waals surface area contributed by atoms with Crippen LogP contribution in [0.2, 0.25) is 0 Å². The number of hydrogen-bond donors (Lipinski definition) is 1. The van der Waals surface area contributed by atoms with E-state index in [1.54, 1.807) is 11.3 Å². The fourth-order valence-corrected chi connectivity index (χ4v) is 3.90. The Labute approximate surface area is 95.9 Å². The van der Waals surface area contributed by atoms with E-state index in [-0.39, 0.29) is 5.54 Å². The van der Waals surface area contributed by atoms with Gasteiger partial charge in [0.05, 0.1) is 5.51 Å². The summed E-state index contributed by atoms with van der Waals surface area (Å²) in [6.07, 6.45) is 6.63. The summed E-state index contributed by atoms with van der Waals surface area (Å²) in [5, 5.41) is 0. The Morgan fingerprint density at radius 1 is 1.47 bits per heavy atom. The molecule has 2 atom stereocenters. The van der Waals surface area contributed by atoms with Gasteiger partial charge in [-0.15, -0.1) is 11.3 Å². The molecule has 84 valence electrons. The second-order valence-electron chi connectivity index (χ2n) is 5.36. The zero-order chi connectivity index (χ0) is 10.9. The van der Waals surface area contributed by atoms with Crippen LogP contribution in [0, 0.1) is 11.8 Å². The van der Waals surface area contributed by atoms with Crippen molar-refractivity contribution < 1.29 is 0 Å². The molecule has 0 bridgehead atoms. The van der Waals surface area contributed by atoms with Gasteiger partial charge in [0.1, 0.15) is 0 Å². The van der Waals surface area contributed by atoms with Crippen molar-refractivity contribution in [3.8, 4) is 0 Å². The number of nitrogens with zero attached hydrogens (tertiary/aromatic N) is 1. The van der Waals surface area contributed by atoms with E-state index >= 15 is 0 Å². The topological polar surface area (TPSA) is 38.9 Å². The zero-order valence-electron chi connectivity index (χ0n) is 9.57. The Morgan fingerprint density at radius 2 is 2.13 bits per heavy atom. The van der Waals surface area contributed by atoms with Crippen LogP contribution >= 0.6 is 11.3 Å². The molecule has 1 heterocycles. The van der Waals surface area contributed by atoms with E-state index in [4.69, 9.17) is 5.73 Å². The van der Waals surface area contributed by atoms with Crippen LogP contribution in [-0.2, 0) is 6.42 Å². The second kappa shape index (κ2) is 4.22. The molecular weight excluding hydrogens is 204 g/mol. The summed E-state index contributed by atoms with van der Waals surface area (Å²) in [6.45, 7) is 4.65. The van der Waals surface area contributed by atoms with Gasteiger partial charge in [0.25, 0.3) is 0 Å². The van der Waals surface area contributed by atoms with Gasteiger partial charge in [0, 0.05) is 23.0 Å². The zero-order valence-corrected chi connectivity index (χ0v) is 10.4. The Balaban J connectivity index is 2.05. The summed E-state index contributed by atoms with van der Waals surface area (Å²) in [7, 11) is 0. The monoisotopic (exact) mass is 224 g/mol. The summed E-state index contributed by atoms with van der Waals surface area (Å²) < 4.78 is 0. The smallest absolute Gasteiger partial charge is 0.0794 e. The number of hydrogen-bond acceptors (Lipinski definition) is 3. The molecule has 2 N–H and O–H groups in total. The van der Waals surface area contributed by atoms with Crippen LogP contribution in [0.25, 0.3) is 0 Å². The lowest BCUT2D eigenvalue weighted by Gasteiger charge is -2.40. The van der Waals surface area contributed by atoms with E-state index in [1.165, 1.54) is 11.3 Å². The average Bonchev–Trinajstić information content (AvgIpc) is 2.52. The fraction of sp³-hybridized carbons (Fsp3) is 0.750. The summed E-state index contributed by atoms with van der Waals surface area (Å²) in [5.41, 5.74) is 8.42. The highest BCUT2D eigenvalue weighted by atomic mass is 32.1. The molecule has 1 saturated carbocycles. The second-order valence-corrected chi connectivity index (χ2v) is 6.33. The third kappa shape index (κ3) is 2.79. The highest BCUT2D eigenvalue weighted by Gasteiger charge is 2.34. The SMILES string of the molecule is CC1CC(C)CC(N)(Cc2cncs2)C1. The molecule has 15 heavy (non-hydrogen) atoms. The van der Waals surface area contributed by atoms with Crippen molar-refractivity contribution in [1.29, 1.82) is 0 Å². The summed E-state index contributed by atoms with van der Waals surface area (Å²) >= 11 is 1.73. The Bertz CT molecular complexity index is 297. The number of nitrogens with two attached hydrogens (primary N) is 1. The van der Waals surface area contributed by atoms with E-state index in [1.807, 2.05) is 11.7 Å². The van der Waals surface area contributed by atoms with Crippen molar-refractivity contribution in [2.24, 2.45) is 17.6 Å². The minimum atomic E-state index is 0.0175. The summed E-state index contributed by atoms with van der Waals surface area (Å²) in [6, 6.07) is 0. The van der Waals surface area contributed by atoms with Crippen molar-refractivity contribution in [2.45, 2.75) is 45.1 Å². The standard InChI is InChI=1S/C12H20N2S/c1-9-3-10(2)5-12(13,4-9)6-11-7-14-8-15-11/h7-10H,3-6,13H2,1-2H3. The van der Waals surface area contributed by atoms with E-state index in [0.717, 1.165) is 31.1 Å². The summed E-state index contributed by atoms with van der Waals surface area (Å²) in [5.74, 6) is 1.54. The first-order valence-corrected chi connectivity index (χ1v) is 6.62. The van der Waals surface area contributed by atoms with Gasteiger partial charge in [-0.3, -0.25) is 4.98 Å². The van der Waals surface area contributed by atoms with E-state index < -0.39 is 0 Å². The van der Waals surface area contributed by atoms with Crippen LogP contribution in [0.3, 0.4) is 0 Å². The predicted molar refractivity (Wildman–Crippen MR) is 64.9 cm³/mol. The lowest BCUT2D eigenvalue weighted by molar-refractivity contribution is 0.183. The van der Waals surface area contributed by atoms with Crippen molar-refractivity contribution in [1.82, 2.24) is 4.98 Å². The Hall–Kier alpha value is -0.410. The number of aromatic nitrogens is 1. The van der Waals surface area contributed by atoms with E-state index in [9.17, 15) is 0 Å². The predicted octanol–water partition coefficient (Wildman–Crippen LogP) is 2.84. The molecule has 0 aliphatic heterocycles. The highest BCUT2D eigenvalue weighted by Crippen LogP contribution is 2.36. The van der Waals surface area contributed by atoms with Gasteiger partial charge in [-0.05, 0) is 31.1 Å². The van der Waals surface area contributed by atoms with Gasteiger partial charge in [-0.1, -0.05) is 13.8 Å². The maximum absolute atomic E-state index is 6.51. The molecule has 1 fully saturated rings. The minimum absolute atomic E-state index is 0.0175. The Kier molecular flexibility index (Phi) is 3.12. The van der Waals surface area contributed by atoms with Gasteiger partial charge in [-0.2, -0.15) is 0 Å². The molecule has 1 aliphatic carbocycles. The van der Waals surface area contributed by atoms with Gasteiger partial charge in [-0.25, -0.2) is 0 Å². The van der Waals surface area contributed by atoms with Crippen LogP contribution in [0.1, 0.15) is 38.0 Å². The average molecular weight is 224 g/mol. The van der Waals surface area contributed by atoms with Gasteiger partial charge in [0.15, 0.2) is 0 Å².